The van der Waals surface area contributed by atoms with E-state index in [1.54, 1.807) is 0 Å². The van der Waals surface area contributed by atoms with Crippen LogP contribution in [0.1, 0.15) is 113 Å². The summed E-state index contributed by atoms with van der Waals surface area (Å²) in [5, 5.41) is 197. The van der Waals surface area contributed by atoms with Crippen LogP contribution >= 0.6 is 0 Å². The first kappa shape index (κ1) is 74.2. The zero-order valence-electron chi connectivity index (χ0n) is 54.2. The second-order valence-corrected chi connectivity index (χ2v) is 30.0. The van der Waals surface area contributed by atoms with Crippen molar-refractivity contribution in [3.8, 4) is 0 Å². The first-order valence-corrected chi connectivity index (χ1v) is 33.1. The molecule has 0 amide bonds. The Labute approximate surface area is 540 Å². The molecule has 6 saturated heterocycles. The van der Waals surface area contributed by atoms with Crippen LogP contribution in [0.5, 0.6) is 0 Å². The SMILES string of the molecule is CC(C)=CCC[C@](C)(O[C@@H]1O[C@H](CO[C@@H]2O[C@@H](CO[C@@H]3OC[C@@H](O)[C@H](O)[C@H]3O)[C@H](O)[C@H]2O)[C@@H](O)[C@H](O)[C@H]1O)[C@H]1CC[C@]2(C)[C@@H]1[C@H](O)C[C@@H]1[C@@]3(C)CC[C@H](O[C@@H]4O[C@H](CO)[C@@H](O)[C@H](O)[C@H]4O[C@@H]4O[C@H](CO)[C@@H](O)[C@H](O)[C@H]4O[C@@H]4OC[C@@H](O)[C@H](O)[C@H]4O)C(C)(C)[C@@H]3CC[C@]12C. The van der Waals surface area contributed by atoms with Gasteiger partial charge in [0.25, 0.3) is 0 Å². The lowest BCUT2D eigenvalue weighted by Crippen LogP contribution is -2.68. The van der Waals surface area contributed by atoms with Crippen LogP contribution in [-0.4, -0.2) is 315 Å². The number of fused-ring (bicyclic) bond motifs is 5. The van der Waals surface area contributed by atoms with Gasteiger partial charge in [0.05, 0.1) is 57.5 Å². The number of allylic oxidation sites excluding steroid dienone is 2. The molecule has 30 heteroatoms. The van der Waals surface area contributed by atoms with Gasteiger partial charge in [-0.05, 0) is 124 Å². The predicted molar refractivity (Wildman–Crippen MR) is 313 cm³/mol. The normalized spacial score (nSPS) is 53.1. The van der Waals surface area contributed by atoms with Crippen molar-refractivity contribution in [1.82, 2.24) is 0 Å². The van der Waals surface area contributed by atoms with E-state index >= 15 is 0 Å². The van der Waals surface area contributed by atoms with E-state index in [-0.39, 0.29) is 35.7 Å². The molecule has 30 nitrogen and oxygen atoms in total. The summed E-state index contributed by atoms with van der Waals surface area (Å²) in [5.41, 5.74) is -1.95. The van der Waals surface area contributed by atoms with Crippen LogP contribution in [0.25, 0.3) is 0 Å². The van der Waals surface area contributed by atoms with Gasteiger partial charge in [-0.15, -0.1) is 0 Å². The maximum absolute atomic E-state index is 13.0. The highest BCUT2D eigenvalue weighted by Crippen LogP contribution is 2.76. The Morgan fingerprint density at radius 2 is 0.946 bits per heavy atom. The number of hydrogen-bond acceptors (Lipinski definition) is 30. The largest absolute Gasteiger partial charge is 0.394 e. The lowest BCUT2D eigenvalue weighted by molar-refractivity contribution is -0.395. The molecule has 18 N–H and O–H groups in total. The van der Waals surface area contributed by atoms with Gasteiger partial charge in [-0.25, -0.2) is 0 Å². The molecule has 6 aliphatic heterocycles. The average molecular weight is 1340 g/mol. The smallest absolute Gasteiger partial charge is 0.187 e. The molecular formula is C63H106O30. The summed E-state index contributed by atoms with van der Waals surface area (Å²) in [6.07, 6.45) is -37.7. The summed E-state index contributed by atoms with van der Waals surface area (Å²) in [6, 6.07) is 0. The third-order valence-corrected chi connectivity index (χ3v) is 24.0. The molecule has 0 unspecified atom stereocenters. The summed E-state index contributed by atoms with van der Waals surface area (Å²) < 4.78 is 72.4. The van der Waals surface area contributed by atoms with E-state index in [0.717, 1.165) is 18.4 Å². The van der Waals surface area contributed by atoms with Crippen LogP contribution < -0.4 is 0 Å². The van der Waals surface area contributed by atoms with Crippen LogP contribution in [0.3, 0.4) is 0 Å². The van der Waals surface area contributed by atoms with Gasteiger partial charge in [0.1, 0.15) is 128 Å². The fourth-order valence-electron chi connectivity index (χ4n) is 18.3. The van der Waals surface area contributed by atoms with Gasteiger partial charge in [0.15, 0.2) is 37.7 Å². The Hall–Kier alpha value is -1.46. The highest BCUT2D eigenvalue weighted by atomic mass is 16.8. The van der Waals surface area contributed by atoms with Gasteiger partial charge in [-0.2, -0.15) is 0 Å². The molecule has 0 radical (unpaired) electrons. The van der Waals surface area contributed by atoms with Gasteiger partial charge >= 0.3 is 0 Å². The minimum atomic E-state index is -1.90. The summed E-state index contributed by atoms with van der Waals surface area (Å²) in [7, 11) is 0. The van der Waals surface area contributed by atoms with E-state index in [0.29, 0.717) is 44.9 Å². The van der Waals surface area contributed by atoms with Crippen LogP contribution in [0.15, 0.2) is 11.6 Å². The molecule has 4 aliphatic carbocycles. The maximum atomic E-state index is 13.0. The quantitative estimate of drug-likeness (QED) is 0.0403. The molecule has 10 fully saturated rings. The van der Waals surface area contributed by atoms with E-state index in [2.05, 4.69) is 40.7 Å². The van der Waals surface area contributed by atoms with Crippen molar-refractivity contribution < 1.29 is 149 Å². The second kappa shape index (κ2) is 28.9. The third kappa shape index (κ3) is 13.7. The standard InChI is InChI=1S/C63H106O30/c1-25(2)10-9-14-63(8,93-56-50(81)44(75)42(73)32(89-56)24-85-54-49(80)43(74)33(88-54)23-84-53-47(78)38(69)28(67)21-82-53)26-11-16-62(7)37(26)27(66)18-35-60(5)15-13-36(59(3,4)34(60)12-17-61(35,62)6)90-57-51(45(76)40(71)30(19-64)86-57)92-58-52(46(77)41(72)31(20-65)87-58)91-55-48(79)39(70)29(68)22-83-55/h10,26-58,64-81H,9,11-24H2,1-8H3/t26-,27+,28+,29+,30+,31+,32+,33-,34-,35+,36-,37-,38-,39-,40+,41+,42+,43-,44-,45-,46-,47+,48+,49+,50+,51+,52+,53-,54+,55-,56-,57-,58-,60-,61+,62+,63-/m0/s1. The lowest BCUT2D eigenvalue weighted by atomic mass is 9.35. The maximum Gasteiger partial charge on any atom is 0.187 e. The van der Waals surface area contributed by atoms with Gasteiger partial charge in [0, 0.05) is 0 Å². The van der Waals surface area contributed by atoms with Crippen LogP contribution in [0.2, 0.25) is 0 Å². The fourth-order valence-corrected chi connectivity index (χ4v) is 18.3. The number of ether oxygens (including phenoxy) is 12. The number of hydrogen-bond donors (Lipinski definition) is 18. The summed E-state index contributed by atoms with van der Waals surface area (Å²) in [4.78, 5) is 0. The minimum Gasteiger partial charge on any atom is -0.394 e. The molecule has 4 saturated carbocycles. The molecule has 0 bridgehead atoms. The summed E-state index contributed by atoms with van der Waals surface area (Å²) >= 11 is 0. The molecule has 0 aromatic carbocycles. The van der Waals surface area contributed by atoms with Crippen molar-refractivity contribution in [3.63, 3.8) is 0 Å². The third-order valence-electron chi connectivity index (χ3n) is 24.0. The zero-order chi connectivity index (χ0) is 67.9. The van der Waals surface area contributed by atoms with Crippen molar-refractivity contribution in [2.45, 2.75) is 297 Å². The molecule has 10 rings (SSSR count). The van der Waals surface area contributed by atoms with E-state index in [1.807, 2.05) is 20.8 Å². The van der Waals surface area contributed by atoms with Crippen molar-refractivity contribution >= 4 is 0 Å². The van der Waals surface area contributed by atoms with Crippen molar-refractivity contribution in [2.24, 2.45) is 45.3 Å². The van der Waals surface area contributed by atoms with E-state index in [1.165, 1.54) is 0 Å². The van der Waals surface area contributed by atoms with Crippen molar-refractivity contribution in [2.75, 3.05) is 39.6 Å². The molecule has 538 valence electrons. The van der Waals surface area contributed by atoms with Gasteiger partial charge in [0.2, 0.25) is 0 Å². The van der Waals surface area contributed by atoms with E-state index < -0.39 is 233 Å². The highest BCUT2D eigenvalue weighted by Gasteiger charge is 2.72. The molecule has 0 aromatic rings. The Morgan fingerprint density at radius 3 is 1.53 bits per heavy atom. The Balaban J connectivity index is 0.837. The van der Waals surface area contributed by atoms with Crippen LogP contribution in [0, 0.1) is 45.3 Å². The topological polar surface area (TPSA) is 475 Å². The first-order chi connectivity index (χ1) is 43.7. The number of aliphatic hydroxyl groups is 18. The average Bonchev–Trinajstić information content (AvgIpc) is 1.67. The molecule has 37 atom stereocenters. The van der Waals surface area contributed by atoms with Gasteiger partial charge in [-0.1, -0.05) is 46.3 Å². The minimum absolute atomic E-state index is 0.0257. The molecule has 93 heavy (non-hydrogen) atoms. The van der Waals surface area contributed by atoms with Crippen LogP contribution in [0.4, 0.5) is 0 Å². The molecular weight excluding hydrogens is 1240 g/mol. The zero-order valence-corrected chi connectivity index (χ0v) is 54.2. The molecule has 0 aromatic heterocycles. The first-order valence-electron chi connectivity index (χ1n) is 33.1. The predicted octanol–water partition coefficient (Wildman–Crippen LogP) is -4.64. The van der Waals surface area contributed by atoms with Gasteiger partial charge in [-0.3, -0.25) is 0 Å². The molecule has 6 heterocycles. The molecule has 10 aliphatic rings. The van der Waals surface area contributed by atoms with E-state index in [4.69, 9.17) is 56.8 Å². The molecule has 0 spiro atoms. The number of aliphatic hydroxyl groups excluding tert-OH is 18. The Morgan fingerprint density at radius 1 is 0.473 bits per heavy atom. The van der Waals surface area contributed by atoms with E-state index in [9.17, 15) is 91.9 Å². The Bertz CT molecular complexity index is 2480. The highest BCUT2D eigenvalue weighted by molar-refractivity contribution is 5.21. The summed E-state index contributed by atoms with van der Waals surface area (Å²) in [5.74, 6) is -0.714. The lowest BCUT2D eigenvalue weighted by Gasteiger charge is -2.71. The van der Waals surface area contributed by atoms with Crippen molar-refractivity contribution in [1.29, 1.82) is 0 Å². The van der Waals surface area contributed by atoms with Gasteiger partial charge < -0.3 is 149 Å². The summed E-state index contributed by atoms with van der Waals surface area (Å²) in [6.45, 7) is 13.7. The Kier molecular flexibility index (Phi) is 23.1. The second-order valence-electron chi connectivity index (χ2n) is 30.0. The number of rotatable bonds is 20. The van der Waals surface area contributed by atoms with Crippen molar-refractivity contribution in [3.05, 3.63) is 11.6 Å². The fraction of sp³-hybridized carbons (Fsp3) is 0.968. The monoisotopic (exact) mass is 1340 g/mol. The van der Waals surface area contributed by atoms with Crippen LogP contribution in [-0.2, 0) is 56.8 Å².